The van der Waals surface area contributed by atoms with E-state index in [0.717, 1.165) is 5.69 Å². The van der Waals surface area contributed by atoms with Crippen molar-refractivity contribution in [2.75, 3.05) is 10.6 Å². The standard InChI is InChI=1S/C18H21ClN4O3/c1-9(2)23-11(4)15(10(3)22-23)21-17(25)18(5)16(24)20-13-8-12(19)6-7-14(13)26-18/h6-9H,1-5H3,(H,20,24)(H,21,25). The fraction of sp³-hybridized carbons (Fsp3) is 0.389. The summed E-state index contributed by atoms with van der Waals surface area (Å²) < 4.78 is 7.57. The summed E-state index contributed by atoms with van der Waals surface area (Å²) in [5, 5.41) is 10.4. The van der Waals surface area contributed by atoms with Crippen LogP contribution in [0.2, 0.25) is 5.02 Å². The number of benzene rings is 1. The molecule has 1 aliphatic heterocycles. The number of carbonyl (C=O) groups is 2. The maximum atomic E-state index is 12.9. The Morgan fingerprint density at radius 1 is 1.38 bits per heavy atom. The first-order chi connectivity index (χ1) is 12.1. The Bertz CT molecular complexity index is 906. The summed E-state index contributed by atoms with van der Waals surface area (Å²) in [6.45, 7) is 9.13. The molecule has 7 nitrogen and oxygen atoms in total. The first-order valence-corrected chi connectivity index (χ1v) is 8.68. The van der Waals surface area contributed by atoms with Gasteiger partial charge in [0.15, 0.2) is 0 Å². The number of fused-ring (bicyclic) bond motifs is 1. The maximum absolute atomic E-state index is 12.9. The molecule has 26 heavy (non-hydrogen) atoms. The number of amides is 2. The fourth-order valence-electron chi connectivity index (χ4n) is 2.93. The molecule has 0 bridgehead atoms. The average molecular weight is 377 g/mol. The molecule has 0 saturated carbocycles. The van der Waals surface area contributed by atoms with Gasteiger partial charge in [0.05, 0.1) is 22.8 Å². The topological polar surface area (TPSA) is 85.2 Å². The van der Waals surface area contributed by atoms with Crippen molar-refractivity contribution in [3.8, 4) is 5.75 Å². The molecule has 1 aliphatic rings. The van der Waals surface area contributed by atoms with Crippen LogP contribution in [0.5, 0.6) is 5.75 Å². The minimum Gasteiger partial charge on any atom is -0.466 e. The third kappa shape index (κ3) is 2.92. The van der Waals surface area contributed by atoms with Crippen molar-refractivity contribution >= 4 is 34.8 Å². The van der Waals surface area contributed by atoms with Gasteiger partial charge in [-0.3, -0.25) is 14.3 Å². The van der Waals surface area contributed by atoms with Crippen LogP contribution in [0.15, 0.2) is 18.2 Å². The van der Waals surface area contributed by atoms with Crippen LogP contribution in [0.4, 0.5) is 11.4 Å². The Morgan fingerprint density at radius 2 is 2.08 bits per heavy atom. The molecule has 2 heterocycles. The van der Waals surface area contributed by atoms with Gasteiger partial charge in [0.1, 0.15) is 5.75 Å². The number of aryl methyl sites for hydroxylation is 1. The number of halogens is 1. The molecule has 138 valence electrons. The maximum Gasteiger partial charge on any atom is 0.278 e. The van der Waals surface area contributed by atoms with Crippen LogP contribution in [-0.2, 0) is 9.59 Å². The molecule has 2 N–H and O–H groups in total. The number of hydrogen-bond acceptors (Lipinski definition) is 4. The van der Waals surface area contributed by atoms with E-state index in [-0.39, 0.29) is 6.04 Å². The van der Waals surface area contributed by atoms with E-state index in [0.29, 0.717) is 27.8 Å². The van der Waals surface area contributed by atoms with Gasteiger partial charge in [-0.15, -0.1) is 0 Å². The lowest BCUT2D eigenvalue weighted by molar-refractivity contribution is -0.143. The van der Waals surface area contributed by atoms with Crippen molar-refractivity contribution < 1.29 is 14.3 Å². The van der Waals surface area contributed by atoms with Crippen LogP contribution in [-0.4, -0.2) is 27.2 Å². The van der Waals surface area contributed by atoms with Crippen LogP contribution >= 0.6 is 11.6 Å². The van der Waals surface area contributed by atoms with Crippen LogP contribution in [0.3, 0.4) is 0 Å². The van der Waals surface area contributed by atoms with Gasteiger partial charge in [-0.1, -0.05) is 11.6 Å². The Kier molecular flexibility index (Phi) is 4.44. The minimum atomic E-state index is -1.71. The fourth-order valence-corrected chi connectivity index (χ4v) is 3.10. The molecule has 0 aliphatic carbocycles. The summed E-state index contributed by atoms with van der Waals surface area (Å²) in [6, 6.07) is 4.99. The average Bonchev–Trinajstić information content (AvgIpc) is 2.84. The van der Waals surface area contributed by atoms with Crippen molar-refractivity contribution in [3.63, 3.8) is 0 Å². The highest BCUT2D eigenvalue weighted by atomic mass is 35.5. The van der Waals surface area contributed by atoms with Crippen LogP contribution in [0, 0.1) is 13.8 Å². The molecular weight excluding hydrogens is 356 g/mol. The lowest BCUT2D eigenvalue weighted by Crippen LogP contribution is -2.56. The molecule has 3 rings (SSSR count). The van der Waals surface area contributed by atoms with Crippen LogP contribution in [0.1, 0.15) is 38.2 Å². The summed E-state index contributed by atoms with van der Waals surface area (Å²) in [7, 11) is 0. The van der Waals surface area contributed by atoms with Gasteiger partial charge >= 0.3 is 0 Å². The molecule has 1 aromatic heterocycles. The van der Waals surface area contributed by atoms with Gasteiger partial charge in [0.25, 0.3) is 17.4 Å². The van der Waals surface area contributed by atoms with Gasteiger partial charge in [0.2, 0.25) is 0 Å². The van der Waals surface area contributed by atoms with E-state index in [1.165, 1.54) is 6.92 Å². The van der Waals surface area contributed by atoms with Gasteiger partial charge in [-0.2, -0.15) is 5.10 Å². The molecule has 0 fully saturated rings. The summed E-state index contributed by atoms with van der Waals surface area (Å²) in [5.41, 5.74) is 0.810. The molecule has 0 radical (unpaired) electrons. The number of ether oxygens (including phenoxy) is 1. The first-order valence-electron chi connectivity index (χ1n) is 8.30. The highest BCUT2D eigenvalue weighted by Crippen LogP contribution is 2.36. The Balaban J connectivity index is 1.90. The Morgan fingerprint density at radius 3 is 2.69 bits per heavy atom. The molecule has 2 amide bonds. The SMILES string of the molecule is Cc1nn(C(C)C)c(C)c1NC(=O)C1(C)Oc2ccc(Cl)cc2NC1=O. The second-order valence-corrected chi connectivity index (χ2v) is 7.20. The van der Waals surface area contributed by atoms with Gasteiger partial charge < -0.3 is 15.4 Å². The van der Waals surface area contributed by atoms with Crippen LogP contribution < -0.4 is 15.4 Å². The third-order valence-corrected chi connectivity index (χ3v) is 4.66. The summed E-state index contributed by atoms with van der Waals surface area (Å²) in [4.78, 5) is 25.4. The van der Waals surface area contributed by atoms with Crippen molar-refractivity contribution in [1.82, 2.24) is 9.78 Å². The summed E-state index contributed by atoms with van der Waals surface area (Å²) in [6.07, 6.45) is 0. The lowest BCUT2D eigenvalue weighted by Gasteiger charge is -2.33. The second kappa shape index (κ2) is 6.32. The molecule has 0 saturated heterocycles. The molecule has 0 spiro atoms. The van der Waals surface area contributed by atoms with Crippen LogP contribution in [0.25, 0.3) is 0 Å². The smallest absolute Gasteiger partial charge is 0.278 e. The molecule has 1 unspecified atom stereocenters. The second-order valence-electron chi connectivity index (χ2n) is 6.77. The van der Waals surface area contributed by atoms with Crippen molar-refractivity contribution in [2.45, 2.75) is 46.3 Å². The number of carbonyl (C=O) groups excluding carboxylic acids is 2. The Labute approximate surface area is 156 Å². The van der Waals surface area contributed by atoms with Crippen molar-refractivity contribution in [3.05, 3.63) is 34.6 Å². The van der Waals surface area contributed by atoms with Gasteiger partial charge in [0, 0.05) is 11.1 Å². The zero-order valence-corrected chi connectivity index (χ0v) is 16.1. The monoisotopic (exact) mass is 376 g/mol. The van der Waals surface area contributed by atoms with E-state index in [1.54, 1.807) is 18.2 Å². The van der Waals surface area contributed by atoms with Gasteiger partial charge in [-0.05, 0) is 52.8 Å². The van der Waals surface area contributed by atoms with E-state index in [4.69, 9.17) is 16.3 Å². The molecular formula is C18H21ClN4O3. The summed E-state index contributed by atoms with van der Waals surface area (Å²) in [5.74, 6) is -0.737. The zero-order chi connectivity index (χ0) is 19.2. The van der Waals surface area contributed by atoms with E-state index >= 15 is 0 Å². The minimum absolute atomic E-state index is 0.154. The molecule has 2 aromatic rings. The number of anilines is 2. The van der Waals surface area contributed by atoms with E-state index in [1.807, 2.05) is 32.4 Å². The number of hydrogen-bond donors (Lipinski definition) is 2. The van der Waals surface area contributed by atoms with E-state index in [9.17, 15) is 9.59 Å². The summed E-state index contributed by atoms with van der Waals surface area (Å²) >= 11 is 5.93. The number of rotatable bonds is 3. The molecule has 1 aromatic carbocycles. The molecule has 8 heteroatoms. The highest BCUT2D eigenvalue weighted by molar-refractivity contribution is 6.31. The molecule has 1 atom stereocenters. The quantitative estimate of drug-likeness (QED) is 0.803. The predicted molar refractivity (Wildman–Crippen MR) is 99.8 cm³/mol. The van der Waals surface area contributed by atoms with Gasteiger partial charge in [-0.25, -0.2) is 0 Å². The van der Waals surface area contributed by atoms with E-state index < -0.39 is 17.4 Å². The van der Waals surface area contributed by atoms with E-state index in [2.05, 4.69) is 15.7 Å². The normalized spacial score (nSPS) is 19.0. The number of nitrogens with zero attached hydrogens (tertiary/aromatic N) is 2. The predicted octanol–water partition coefficient (Wildman–Crippen LogP) is 3.46. The Hall–Kier alpha value is -2.54. The lowest BCUT2D eigenvalue weighted by atomic mass is 10.0. The first kappa shape index (κ1) is 18.3. The largest absolute Gasteiger partial charge is 0.466 e. The van der Waals surface area contributed by atoms with Crippen molar-refractivity contribution in [1.29, 1.82) is 0 Å². The highest BCUT2D eigenvalue weighted by Gasteiger charge is 2.47. The third-order valence-electron chi connectivity index (χ3n) is 4.42. The zero-order valence-electron chi connectivity index (χ0n) is 15.3. The van der Waals surface area contributed by atoms with Crippen molar-refractivity contribution in [2.24, 2.45) is 0 Å². The number of aromatic nitrogens is 2. The number of nitrogens with one attached hydrogen (secondary N) is 2.